The summed E-state index contributed by atoms with van der Waals surface area (Å²) in [6, 6.07) is 0.238. The second-order valence-electron chi connectivity index (χ2n) is 4.45. The van der Waals surface area contributed by atoms with Crippen LogP contribution in [0.5, 0.6) is 0 Å². The van der Waals surface area contributed by atoms with Gasteiger partial charge in [-0.25, -0.2) is 9.59 Å². The zero-order chi connectivity index (χ0) is 13.5. The summed E-state index contributed by atoms with van der Waals surface area (Å²) in [5.41, 5.74) is 0. The molecule has 0 aromatic carbocycles. The average molecular weight is 259 g/mol. The first-order valence-electron chi connectivity index (χ1n) is 6.03. The lowest BCUT2D eigenvalue weighted by molar-refractivity contribution is -0.142. The number of nitrogens with zero attached hydrogens (tertiary/aromatic N) is 2. The van der Waals surface area contributed by atoms with Gasteiger partial charge in [0.1, 0.15) is 6.61 Å². The van der Waals surface area contributed by atoms with Gasteiger partial charge in [0.15, 0.2) is 0 Å². The molecule has 1 atom stereocenters. The fourth-order valence-electron chi connectivity index (χ4n) is 1.73. The van der Waals surface area contributed by atoms with Crippen LogP contribution in [0.25, 0.3) is 0 Å². The molecule has 1 aliphatic heterocycles. The molecule has 0 aliphatic carbocycles. The minimum Gasteiger partial charge on any atom is -0.480 e. The number of urea groups is 1. The first-order chi connectivity index (χ1) is 8.50. The molecule has 104 valence electrons. The molecule has 2 N–H and O–H groups in total. The summed E-state index contributed by atoms with van der Waals surface area (Å²) >= 11 is 0. The number of amides is 2. The molecule has 7 heteroatoms. The van der Waals surface area contributed by atoms with Gasteiger partial charge in [-0.1, -0.05) is 0 Å². The number of carboxylic acids is 1. The van der Waals surface area contributed by atoms with E-state index in [4.69, 9.17) is 9.84 Å². The van der Waals surface area contributed by atoms with Gasteiger partial charge < -0.3 is 25.0 Å². The van der Waals surface area contributed by atoms with Gasteiger partial charge in [-0.05, 0) is 14.0 Å². The van der Waals surface area contributed by atoms with Crippen molar-refractivity contribution in [2.24, 2.45) is 0 Å². The van der Waals surface area contributed by atoms with Crippen molar-refractivity contribution < 1.29 is 19.4 Å². The number of hydrogen-bond donors (Lipinski definition) is 2. The monoisotopic (exact) mass is 259 g/mol. The highest BCUT2D eigenvalue weighted by molar-refractivity contribution is 5.74. The molecule has 1 fully saturated rings. The van der Waals surface area contributed by atoms with Crippen LogP contribution in [0.4, 0.5) is 4.79 Å². The number of aliphatic carboxylic acids is 1. The van der Waals surface area contributed by atoms with Gasteiger partial charge in [0.2, 0.25) is 0 Å². The molecule has 2 amide bonds. The molecule has 0 aromatic rings. The predicted molar refractivity (Wildman–Crippen MR) is 65.5 cm³/mol. The Balaban J connectivity index is 2.15. The standard InChI is InChI=1S/C11H21N3O4/c1-9-7-14(5-4-13(9)2)11(17)12-3-6-18-8-10(15)16/h9H,3-8H2,1-2H3,(H,12,17)(H,15,16). The van der Waals surface area contributed by atoms with Crippen molar-refractivity contribution in [3.05, 3.63) is 0 Å². The molecular formula is C11H21N3O4. The quantitative estimate of drug-likeness (QED) is 0.646. The van der Waals surface area contributed by atoms with Crippen LogP contribution in [-0.2, 0) is 9.53 Å². The van der Waals surface area contributed by atoms with E-state index in [9.17, 15) is 9.59 Å². The molecule has 0 aromatic heterocycles. The van der Waals surface area contributed by atoms with Crippen LogP contribution >= 0.6 is 0 Å². The average Bonchev–Trinajstić information content (AvgIpc) is 2.31. The first kappa shape index (κ1) is 14.7. The van der Waals surface area contributed by atoms with Gasteiger partial charge in [0.25, 0.3) is 0 Å². The fraction of sp³-hybridized carbons (Fsp3) is 0.818. The SMILES string of the molecule is CC1CN(C(=O)NCCOCC(=O)O)CCN1C. The van der Waals surface area contributed by atoms with Gasteiger partial charge in [-0.3, -0.25) is 0 Å². The first-order valence-corrected chi connectivity index (χ1v) is 6.03. The molecule has 1 heterocycles. The maximum atomic E-state index is 11.8. The van der Waals surface area contributed by atoms with Crippen LogP contribution in [-0.4, -0.2) is 79.4 Å². The van der Waals surface area contributed by atoms with E-state index < -0.39 is 5.97 Å². The maximum Gasteiger partial charge on any atom is 0.329 e. The van der Waals surface area contributed by atoms with Crippen molar-refractivity contribution >= 4 is 12.0 Å². The number of ether oxygens (including phenoxy) is 1. The number of hydrogen-bond acceptors (Lipinski definition) is 4. The predicted octanol–water partition coefficient (Wildman–Crippen LogP) is -0.567. The van der Waals surface area contributed by atoms with E-state index in [2.05, 4.69) is 17.1 Å². The largest absolute Gasteiger partial charge is 0.480 e. The highest BCUT2D eigenvalue weighted by Gasteiger charge is 2.23. The Labute approximate surface area is 107 Å². The van der Waals surface area contributed by atoms with Crippen molar-refractivity contribution in [3.63, 3.8) is 0 Å². The molecule has 7 nitrogen and oxygen atoms in total. The molecule has 1 saturated heterocycles. The summed E-state index contributed by atoms with van der Waals surface area (Å²) in [7, 11) is 2.04. The summed E-state index contributed by atoms with van der Waals surface area (Å²) in [5.74, 6) is -1.01. The summed E-state index contributed by atoms with van der Waals surface area (Å²) < 4.78 is 4.83. The molecular weight excluding hydrogens is 238 g/mol. The number of carboxylic acid groups (broad SMARTS) is 1. The summed E-state index contributed by atoms with van der Waals surface area (Å²) in [5, 5.41) is 11.1. The third-order valence-electron chi connectivity index (χ3n) is 3.00. The third kappa shape index (κ3) is 4.89. The number of carbonyl (C=O) groups is 2. The van der Waals surface area contributed by atoms with E-state index in [-0.39, 0.29) is 19.2 Å². The number of piperazine rings is 1. The fourth-order valence-corrected chi connectivity index (χ4v) is 1.73. The van der Waals surface area contributed by atoms with Gasteiger partial charge >= 0.3 is 12.0 Å². The lowest BCUT2D eigenvalue weighted by Gasteiger charge is -2.37. The molecule has 1 unspecified atom stereocenters. The van der Waals surface area contributed by atoms with Gasteiger partial charge in [0.05, 0.1) is 6.61 Å². The molecule has 0 saturated carbocycles. The van der Waals surface area contributed by atoms with Crippen LogP contribution in [0.1, 0.15) is 6.92 Å². The Morgan fingerprint density at radius 2 is 2.17 bits per heavy atom. The van der Waals surface area contributed by atoms with Gasteiger partial charge in [-0.2, -0.15) is 0 Å². The molecule has 0 radical (unpaired) electrons. The Kier molecular flexibility index (Phi) is 5.87. The second-order valence-corrected chi connectivity index (χ2v) is 4.45. The van der Waals surface area contributed by atoms with Crippen molar-refractivity contribution in [1.82, 2.24) is 15.1 Å². The molecule has 1 aliphatic rings. The maximum absolute atomic E-state index is 11.8. The van der Waals surface area contributed by atoms with Gasteiger partial charge in [-0.15, -0.1) is 0 Å². The zero-order valence-corrected chi connectivity index (χ0v) is 10.9. The number of likely N-dealkylation sites (N-methyl/N-ethyl adjacent to an activating group) is 1. The molecule has 0 spiro atoms. The zero-order valence-electron chi connectivity index (χ0n) is 10.9. The lowest BCUT2D eigenvalue weighted by Crippen LogP contribution is -2.54. The van der Waals surface area contributed by atoms with Crippen LogP contribution in [0.2, 0.25) is 0 Å². The van der Waals surface area contributed by atoms with Crippen LogP contribution in [0.3, 0.4) is 0 Å². The van der Waals surface area contributed by atoms with Crippen LogP contribution in [0.15, 0.2) is 0 Å². The highest BCUT2D eigenvalue weighted by atomic mass is 16.5. The summed E-state index contributed by atoms with van der Waals surface area (Å²) in [4.78, 5) is 25.9. The lowest BCUT2D eigenvalue weighted by atomic mass is 10.2. The van der Waals surface area contributed by atoms with E-state index in [0.717, 1.165) is 6.54 Å². The van der Waals surface area contributed by atoms with E-state index in [0.29, 0.717) is 25.7 Å². The van der Waals surface area contributed by atoms with Crippen LogP contribution < -0.4 is 5.32 Å². The molecule has 18 heavy (non-hydrogen) atoms. The van der Waals surface area contributed by atoms with Crippen molar-refractivity contribution in [1.29, 1.82) is 0 Å². The normalized spacial score (nSPS) is 20.8. The topological polar surface area (TPSA) is 82.1 Å². The summed E-state index contributed by atoms with van der Waals surface area (Å²) in [6.45, 7) is 4.57. The van der Waals surface area contributed by atoms with E-state index in [1.54, 1.807) is 4.90 Å². The number of rotatable bonds is 5. The highest BCUT2D eigenvalue weighted by Crippen LogP contribution is 2.06. The Hall–Kier alpha value is -1.34. The number of nitrogens with one attached hydrogen (secondary N) is 1. The second kappa shape index (κ2) is 7.17. The summed E-state index contributed by atoms with van der Waals surface area (Å²) in [6.07, 6.45) is 0. The van der Waals surface area contributed by atoms with Crippen molar-refractivity contribution in [2.75, 3.05) is 46.4 Å². The number of carbonyl (C=O) groups excluding carboxylic acids is 1. The minimum atomic E-state index is -1.01. The minimum absolute atomic E-state index is 0.117. The smallest absolute Gasteiger partial charge is 0.329 e. The Morgan fingerprint density at radius 3 is 2.78 bits per heavy atom. The van der Waals surface area contributed by atoms with E-state index in [1.165, 1.54) is 0 Å². The Bertz CT molecular complexity index is 298. The van der Waals surface area contributed by atoms with Crippen molar-refractivity contribution in [3.8, 4) is 0 Å². The Morgan fingerprint density at radius 1 is 1.44 bits per heavy atom. The molecule has 0 bridgehead atoms. The van der Waals surface area contributed by atoms with E-state index >= 15 is 0 Å². The van der Waals surface area contributed by atoms with Gasteiger partial charge in [0, 0.05) is 32.2 Å². The molecule has 1 rings (SSSR count). The third-order valence-corrected chi connectivity index (χ3v) is 3.00. The van der Waals surface area contributed by atoms with Crippen molar-refractivity contribution in [2.45, 2.75) is 13.0 Å². The van der Waals surface area contributed by atoms with Crippen LogP contribution in [0, 0.1) is 0 Å². The van der Waals surface area contributed by atoms with E-state index in [1.807, 2.05) is 7.05 Å².